The first-order valence-corrected chi connectivity index (χ1v) is 8.24. The molecule has 21 heavy (non-hydrogen) atoms. The minimum absolute atomic E-state index is 0.00618. The molecule has 2 nitrogen and oxygen atoms in total. The van der Waals surface area contributed by atoms with E-state index in [4.69, 9.17) is 0 Å². The van der Waals surface area contributed by atoms with E-state index in [9.17, 15) is 9.90 Å². The molecule has 0 aliphatic rings. The number of hydrogen-bond acceptors (Lipinski definition) is 1. The molecular formula is C19H38O2. The molecule has 0 amide bonds. The maximum Gasteiger partial charge on any atom is 0.309 e. The van der Waals surface area contributed by atoms with Crippen molar-refractivity contribution in [2.45, 2.75) is 89.0 Å². The van der Waals surface area contributed by atoms with Gasteiger partial charge in [-0.1, -0.05) is 68.7 Å². The van der Waals surface area contributed by atoms with Crippen molar-refractivity contribution in [1.82, 2.24) is 0 Å². The Bertz CT molecular complexity index is 384. The average Bonchev–Trinajstić information content (AvgIpc) is 2.27. The smallest absolute Gasteiger partial charge is 0.309 e. The zero-order valence-corrected chi connectivity index (χ0v) is 16.3. The van der Waals surface area contributed by atoms with Gasteiger partial charge >= 0.3 is 5.97 Å². The van der Waals surface area contributed by atoms with E-state index in [0.29, 0.717) is 0 Å². The van der Waals surface area contributed by atoms with Gasteiger partial charge in [-0.25, -0.2) is 0 Å². The molecule has 0 saturated heterocycles. The predicted octanol–water partition coefficient (Wildman–Crippen LogP) is 6.00. The highest BCUT2D eigenvalue weighted by molar-refractivity contribution is 5.74. The molecule has 0 saturated carbocycles. The van der Waals surface area contributed by atoms with E-state index in [-0.39, 0.29) is 21.7 Å². The van der Waals surface area contributed by atoms with Crippen LogP contribution in [-0.2, 0) is 4.79 Å². The van der Waals surface area contributed by atoms with Gasteiger partial charge in [-0.05, 0) is 41.9 Å². The van der Waals surface area contributed by atoms with E-state index in [1.54, 1.807) is 0 Å². The normalized spacial score (nSPS) is 15.2. The highest BCUT2D eigenvalue weighted by Crippen LogP contribution is 2.64. The van der Waals surface area contributed by atoms with Crippen LogP contribution in [-0.4, -0.2) is 11.1 Å². The fourth-order valence-electron chi connectivity index (χ4n) is 3.61. The van der Waals surface area contributed by atoms with Gasteiger partial charge in [-0.15, -0.1) is 0 Å². The molecule has 0 atom stereocenters. The summed E-state index contributed by atoms with van der Waals surface area (Å²) in [6.07, 6.45) is 2.29. The van der Waals surface area contributed by atoms with E-state index >= 15 is 0 Å². The van der Waals surface area contributed by atoms with Crippen molar-refractivity contribution in [3.8, 4) is 0 Å². The molecule has 2 heteroatoms. The Morgan fingerprint density at radius 1 is 0.762 bits per heavy atom. The van der Waals surface area contributed by atoms with Crippen molar-refractivity contribution < 1.29 is 9.90 Å². The molecule has 1 N–H and O–H groups in total. The second kappa shape index (κ2) is 5.59. The largest absolute Gasteiger partial charge is 0.481 e. The second-order valence-electron chi connectivity index (χ2n) is 9.44. The van der Waals surface area contributed by atoms with Crippen LogP contribution in [0.15, 0.2) is 0 Å². The summed E-state index contributed by atoms with van der Waals surface area (Å²) in [4.78, 5) is 11.8. The zero-order chi connectivity index (χ0) is 17.5. The fourth-order valence-corrected chi connectivity index (χ4v) is 3.61. The van der Waals surface area contributed by atoms with Crippen LogP contribution in [0, 0.1) is 27.1 Å². The van der Waals surface area contributed by atoms with E-state index in [1.807, 2.05) is 13.8 Å². The SMILES string of the molecule is CCCC(C)(C)C(C)(C)C(C)(C)C(C)(C)C(C)(C)C(=O)O. The molecule has 0 unspecified atom stereocenters. The Labute approximate surface area is 132 Å². The van der Waals surface area contributed by atoms with Crippen LogP contribution in [0.4, 0.5) is 0 Å². The van der Waals surface area contributed by atoms with Crippen LogP contribution in [0.25, 0.3) is 0 Å². The molecular weight excluding hydrogens is 260 g/mol. The molecule has 0 aromatic heterocycles. The van der Waals surface area contributed by atoms with Crippen molar-refractivity contribution >= 4 is 5.97 Å². The Balaban J connectivity index is 6.02. The predicted molar refractivity (Wildman–Crippen MR) is 91.4 cm³/mol. The maximum atomic E-state index is 11.8. The second-order valence-corrected chi connectivity index (χ2v) is 9.44. The Hall–Kier alpha value is -0.530. The van der Waals surface area contributed by atoms with Crippen LogP contribution in [0.5, 0.6) is 0 Å². The molecule has 0 rings (SSSR count). The van der Waals surface area contributed by atoms with Gasteiger partial charge in [0.25, 0.3) is 0 Å². The van der Waals surface area contributed by atoms with Gasteiger partial charge in [0, 0.05) is 0 Å². The number of carboxylic acid groups (broad SMARTS) is 1. The first kappa shape index (κ1) is 20.5. The van der Waals surface area contributed by atoms with Gasteiger partial charge < -0.3 is 5.11 Å². The number of carboxylic acids is 1. The van der Waals surface area contributed by atoms with Crippen molar-refractivity contribution in [2.75, 3.05) is 0 Å². The number of carbonyl (C=O) groups is 1. The van der Waals surface area contributed by atoms with Crippen LogP contribution < -0.4 is 0 Å². The monoisotopic (exact) mass is 298 g/mol. The Morgan fingerprint density at radius 2 is 1.14 bits per heavy atom. The summed E-state index contributed by atoms with van der Waals surface area (Å²) in [5, 5.41) is 9.71. The lowest BCUT2D eigenvalue weighted by atomic mass is 9.42. The third kappa shape index (κ3) is 2.87. The van der Waals surface area contributed by atoms with Crippen molar-refractivity contribution in [3.63, 3.8) is 0 Å². The summed E-state index contributed by atoms with van der Waals surface area (Å²) in [6.45, 7) is 23.9. The van der Waals surface area contributed by atoms with Crippen molar-refractivity contribution in [2.24, 2.45) is 27.1 Å². The highest BCUT2D eigenvalue weighted by Gasteiger charge is 2.60. The van der Waals surface area contributed by atoms with Crippen LogP contribution in [0.2, 0.25) is 0 Å². The van der Waals surface area contributed by atoms with Crippen molar-refractivity contribution in [3.05, 3.63) is 0 Å². The van der Waals surface area contributed by atoms with Gasteiger partial charge in [0.2, 0.25) is 0 Å². The molecule has 0 aromatic rings. The van der Waals surface area contributed by atoms with E-state index in [0.717, 1.165) is 12.8 Å². The minimum atomic E-state index is -0.782. The summed E-state index contributed by atoms with van der Waals surface area (Å²) in [5.41, 5.74) is -1.11. The van der Waals surface area contributed by atoms with Gasteiger partial charge in [0.1, 0.15) is 0 Å². The lowest BCUT2D eigenvalue weighted by molar-refractivity contribution is -0.178. The highest BCUT2D eigenvalue weighted by atomic mass is 16.4. The quantitative estimate of drug-likeness (QED) is 0.625. The Morgan fingerprint density at radius 3 is 1.43 bits per heavy atom. The average molecular weight is 299 g/mol. The first-order chi connectivity index (χ1) is 9.00. The molecule has 0 aliphatic heterocycles. The maximum absolute atomic E-state index is 11.8. The van der Waals surface area contributed by atoms with E-state index in [1.165, 1.54) is 0 Å². The summed E-state index contributed by atoms with van der Waals surface area (Å²) < 4.78 is 0. The molecule has 0 fully saturated rings. The van der Waals surface area contributed by atoms with Crippen LogP contribution in [0.1, 0.15) is 89.0 Å². The third-order valence-corrected chi connectivity index (χ3v) is 7.79. The standard InChI is InChI=1S/C19H38O2/c1-12-13-15(2,3)17(6,7)19(10,11)18(8,9)16(4,5)14(20)21/h12-13H2,1-11H3,(H,20,21). The van der Waals surface area contributed by atoms with Gasteiger partial charge in [0.15, 0.2) is 0 Å². The molecule has 0 bridgehead atoms. The van der Waals surface area contributed by atoms with E-state index < -0.39 is 11.4 Å². The molecule has 0 aromatic carbocycles. The lowest BCUT2D eigenvalue weighted by Gasteiger charge is -2.62. The summed E-state index contributed by atoms with van der Waals surface area (Å²) in [5.74, 6) is -0.718. The number of hydrogen-bond donors (Lipinski definition) is 1. The summed E-state index contributed by atoms with van der Waals surface area (Å²) in [7, 11) is 0. The Kier molecular flexibility index (Phi) is 5.45. The number of aliphatic carboxylic acids is 1. The number of rotatable bonds is 7. The van der Waals surface area contributed by atoms with Crippen LogP contribution >= 0.6 is 0 Å². The van der Waals surface area contributed by atoms with E-state index in [2.05, 4.69) is 62.3 Å². The fraction of sp³-hybridized carbons (Fsp3) is 0.947. The van der Waals surface area contributed by atoms with Crippen LogP contribution in [0.3, 0.4) is 0 Å². The third-order valence-electron chi connectivity index (χ3n) is 7.79. The zero-order valence-electron chi connectivity index (χ0n) is 16.3. The topological polar surface area (TPSA) is 37.3 Å². The molecule has 0 radical (unpaired) electrons. The van der Waals surface area contributed by atoms with Gasteiger partial charge in [-0.3, -0.25) is 4.79 Å². The van der Waals surface area contributed by atoms with Gasteiger partial charge in [-0.2, -0.15) is 0 Å². The first-order valence-electron chi connectivity index (χ1n) is 8.24. The molecule has 0 heterocycles. The minimum Gasteiger partial charge on any atom is -0.481 e. The van der Waals surface area contributed by atoms with Gasteiger partial charge in [0.05, 0.1) is 5.41 Å². The molecule has 126 valence electrons. The summed E-state index contributed by atoms with van der Waals surface area (Å²) in [6, 6.07) is 0. The summed E-state index contributed by atoms with van der Waals surface area (Å²) >= 11 is 0. The van der Waals surface area contributed by atoms with Crippen molar-refractivity contribution in [1.29, 1.82) is 0 Å². The molecule has 0 spiro atoms. The lowest BCUT2D eigenvalue weighted by Crippen LogP contribution is -2.58. The molecule has 0 aliphatic carbocycles.